The number of rotatable bonds is 2. The van der Waals surface area contributed by atoms with Crippen LogP contribution >= 0.6 is 0 Å². The van der Waals surface area contributed by atoms with Crippen LogP contribution in [-0.4, -0.2) is 8.80 Å². The SMILES string of the molecule is c1ccc2c(c1)oc1c(-c3ccc4c5c6c7ccccc7n7c8cc(-c9cccc%10c9oc9ccccc9%10)ccc8c(c8c9ccccc9n(c4c3)c85)c67)cccc12. The maximum atomic E-state index is 6.55. The molecular formula is C54H28N2O2. The third-order valence-electron chi connectivity index (χ3n) is 13.2. The molecule has 0 saturated heterocycles. The zero-order valence-electron chi connectivity index (χ0n) is 30.9. The highest BCUT2D eigenvalue weighted by atomic mass is 16.3. The minimum absolute atomic E-state index is 0.913. The number of hydrogen-bond donors (Lipinski definition) is 0. The second-order valence-corrected chi connectivity index (χ2v) is 15.9. The van der Waals surface area contributed by atoms with Gasteiger partial charge in [0.25, 0.3) is 0 Å². The molecule has 0 spiro atoms. The standard InChI is InChI=1S/C54H28N2O2/c1-5-19-41-37(13-1)47-49-39-25-23-30(32-16-10-18-36-34-12-4-8-22-46(34)58-54(32)36)28-44(39)56-42-20-6-2-14-38(42)48(52(49)56)50-40-26-24-29(27-43(40)55(41)51(47)50)31-15-9-17-35-33-11-3-7-21-45(33)57-53(31)35/h1-28H. The highest BCUT2D eigenvalue weighted by Crippen LogP contribution is 2.52. The smallest absolute Gasteiger partial charge is 0.143 e. The van der Waals surface area contributed by atoms with Crippen LogP contribution in [0.2, 0.25) is 0 Å². The Labute approximate surface area is 328 Å². The number of fused-ring (bicyclic) bond motifs is 20. The Bertz CT molecular complexity index is 3990. The molecule has 0 atom stereocenters. The van der Waals surface area contributed by atoms with Gasteiger partial charge in [0, 0.05) is 75.8 Å². The van der Waals surface area contributed by atoms with Crippen molar-refractivity contribution in [2.24, 2.45) is 0 Å². The highest BCUT2D eigenvalue weighted by molar-refractivity contribution is 6.45. The van der Waals surface area contributed by atoms with E-state index in [1.807, 2.05) is 12.1 Å². The first kappa shape index (κ1) is 29.5. The molecular weight excluding hydrogens is 709 g/mol. The lowest BCUT2D eigenvalue weighted by Gasteiger charge is -2.06. The van der Waals surface area contributed by atoms with Crippen LogP contribution in [0, 0.1) is 0 Å². The highest BCUT2D eigenvalue weighted by Gasteiger charge is 2.29. The van der Waals surface area contributed by atoms with Crippen molar-refractivity contribution in [3.8, 4) is 22.3 Å². The lowest BCUT2D eigenvalue weighted by atomic mass is 9.95. The van der Waals surface area contributed by atoms with Crippen molar-refractivity contribution in [3.05, 3.63) is 170 Å². The summed E-state index contributed by atoms with van der Waals surface area (Å²) in [6.45, 7) is 0. The van der Waals surface area contributed by atoms with Gasteiger partial charge in [-0.3, -0.25) is 0 Å². The molecule has 0 aliphatic heterocycles. The van der Waals surface area contributed by atoms with Crippen LogP contribution < -0.4 is 0 Å². The Morgan fingerprint density at radius 2 is 0.672 bits per heavy atom. The van der Waals surface area contributed by atoms with Crippen molar-refractivity contribution in [1.82, 2.24) is 8.80 Å². The van der Waals surface area contributed by atoms with Crippen LogP contribution in [-0.2, 0) is 0 Å². The molecule has 0 amide bonds. The predicted octanol–water partition coefficient (Wildman–Crippen LogP) is 15.1. The van der Waals surface area contributed by atoms with E-state index < -0.39 is 0 Å². The molecule has 15 aromatic rings. The van der Waals surface area contributed by atoms with Crippen LogP contribution in [0.3, 0.4) is 0 Å². The van der Waals surface area contributed by atoms with Crippen molar-refractivity contribution in [1.29, 1.82) is 0 Å². The minimum atomic E-state index is 0.913. The molecule has 0 bridgehead atoms. The van der Waals surface area contributed by atoms with Gasteiger partial charge in [0.05, 0.1) is 33.1 Å². The monoisotopic (exact) mass is 736 g/mol. The number of nitrogens with zero attached hydrogens (tertiary/aromatic N) is 2. The zero-order chi connectivity index (χ0) is 37.4. The van der Waals surface area contributed by atoms with E-state index in [4.69, 9.17) is 8.83 Å². The first-order valence-corrected chi connectivity index (χ1v) is 19.9. The molecule has 0 aliphatic rings. The van der Waals surface area contributed by atoms with E-state index in [9.17, 15) is 0 Å². The molecule has 4 nitrogen and oxygen atoms in total. The van der Waals surface area contributed by atoms with E-state index in [-0.39, 0.29) is 0 Å². The maximum Gasteiger partial charge on any atom is 0.143 e. The Morgan fingerprint density at radius 3 is 1.14 bits per heavy atom. The normalized spacial score (nSPS) is 12.8. The minimum Gasteiger partial charge on any atom is -0.455 e. The number of benzene rings is 9. The molecule has 0 aliphatic carbocycles. The molecule has 0 fully saturated rings. The van der Waals surface area contributed by atoms with Gasteiger partial charge in [0.1, 0.15) is 22.3 Å². The van der Waals surface area contributed by atoms with Gasteiger partial charge in [0.2, 0.25) is 0 Å². The van der Waals surface area contributed by atoms with E-state index in [0.29, 0.717) is 0 Å². The topological polar surface area (TPSA) is 35.1 Å². The summed E-state index contributed by atoms with van der Waals surface area (Å²) < 4.78 is 18.2. The average Bonchev–Trinajstić information content (AvgIpc) is 4.12. The summed E-state index contributed by atoms with van der Waals surface area (Å²) in [5.41, 5.74) is 15.6. The van der Waals surface area contributed by atoms with Crippen LogP contribution in [0.5, 0.6) is 0 Å². The molecule has 0 radical (unpaired) electrons. The average molecular weight is 737 g/mol. The first-order valence-electron chi connectivity index (χ1n) is 19.9. The van der Waals surface area contributed by atoms with Crippen LogP contribution in [0.1, 0.15) is 0 Å². The Morgan fingerprint density at radius 1 is 0.293 bits per heavy atom. The summed E-state index contributed by atoms with van der Waals surface area (Å²) in [4.78, 5) is 0. The molecule has 4 heteroatoms. The number of aromatic nitrogens is 2. The fraction of sp³-hybridized carbons (Fsp3) is 0. The molecule has 15 rings (SSSR count). The fourth-order valence-corrected chi connectivity index (χ4v) is 10.9. The summed E-state index contributed by atoms with van der Waals surface area (Å²) in [6.07, 6.45) is 0. The second kappa shape index (κ2) is 10.1. The summed E-state index contributed by atoms with van der Waals surface area (Å²) in [6, 6.07) is 61.7. The molecule has 266 valence electrons. The quantitative estimate of drug-likeness (QED) is 0.177. The predicted molar refractivity (Wildman–Crippen MR) is 241 cm³/mol. The largest absolute Gasteiger partial charge is 0.455 e. The molecule has 6 aromatic heterocycles. The molecule has 0 unspecified atom stereocenters. The van der Waals surface area contributed by atoms with Gasteiger partial charge >= 0.3 is 0 Å². The zero-order valence-corrected chi connectivity index (χ0v) is 30.9. The molecule has 9 aromatic carbocycles. The first-order chi connectivity index (χ1) is 28.8. The van der Waals surface area contributed by atoms with Crippen molar-refractivity contribution in [2.75, 3.05) is 0 Å². The van der Waals surface area contributed by atoms with Gasteiger partial charge in [0.15, 0.2) is 0 Å². The van der Waals surface area contributed by atoms with Gasteiger partial charge in [-0.1, -0.05) is 133 Å². The van der Waals surface area contributed by atoms with Gasteiger partial charge in [-0.25, -0.2) is 0 Å². The van der Waals surface area contributed by atoms with Crippen molar-refractivity contribution in [2.45, 2.75) is 0 Å². The third kappa shape index (κ3) is 3.38. The number of para-hydroxylation sites is 6. The molecule has 0 saturated carbocycles. The Kier molecular flexibility index (Phi) is 5.14. The maximum absolute atomic E-state index is 6.55. The second-order valence-electron chi connectivity index (χ2n) is 15.9. The molecule has 0 N–H and O–H groups in total. The Balaban J connectivity index is 1.09. The van der Waals surface area contributed by atoms with E-state index in [1.165, 1.54) is 76.2 Å². The van der Waals surface area contributed by atoms with Crippen LogP contribution in [0.15, 0.2) is 179 Å². The molecule has 6 heterocycles. The summed E-state index contributed by atoms with van der Waals surface area (Å²) in [5.74, 6) is 0. The van der Waals surface area contributed by atoms with E-state index >= 15 is 0 Å². The summed E-state index contributed by atoms with van der Waals surface area (Å²) in [7, 11) is 0. The van der Waals surface area contributed by atoms with Crippen LogP contribution in [0.4, 0.5) is 0 Å². The van der Waals surface area contributed by atoms with E-state index in [2.05, 4.69) is 167 Å². The summed E-state index contributed by atoms with van der Waals surface area (Å²) >= 11 is 0. The number of hydrogen-bond acceptors (Lipinski definition) is 2. The van der Waals surface area contributed by atoms with Gasteiger partial charge < -0.3 is 17.6 Å². The van der Waals surface area contributed by atoms with Gasteiger partial charge in [-0.15, -0.1) is 0 Å². The van der Waals surface area contributed by atoms with Crippen molar-refractivity contribution in [3.63, 3.8) is 0 Å². The fourth-order valence-electron chi connectivity index (χ4n) is 10.9. The molecule has 58 heavy (non-hydrogen) atoms. The van der Waals surface area contributed by atoms with Gasteiger partial charge in [-0.2, -0.15) is 0 Å². The van der Waals surface area contributed by atoms with Crippen molar-refractivity contribution >= 4 is 120 Å². The Hall–Kier alpha value is -7.82. The number of furan rings is 2. The lowest BCUT2D eigenvalue weighted by molar-refractivity contribution is 0.669. The summed E-state index contributed by atoms with van der Waals surface area (Å²) in [5, 5.41) is 14.9. The van der Waals surface area contributed by atoms with Crippen LogP contribution in [0.25, 0.3) is 142 Å². The lowest BCUT2D eigenvalue weighted by Crippen LogP contribution is -1.83. The van der Waals surface area contributed by atoms with E-state index in [0.717, 1.165) is 66.1 Å². The van der Waals surface area contributed by atoms with E-state index in [1.54, 1.807) is 0 Å². The van der Waals surface area contributed by atoms with Crippen molar-refractivity contribution < 1.29 is 8.83 Å². The van der Waals surface area contributed by atoms with Gasteiger partial charge in [-0.05, 0) is 47.5 Å². The third-order valence-corrected chi connectivity index (χ3v) is 13.2.